The fourth-order valence-electron chi connectivity index (χ4n) is 1.91. The molecule has 0 unspecified atom stereocenters. The molecular weight excluding hydrogens is 194 g/mol. The SMILES string of the molecule is [c]1ccc2c(-c3ccccc3)ccnc2c1. The minimum Gasteiger partial charge on any atom is -0.256 e. The Morgan fingerprint density at radius 2 is 1.81 bits per heavy atom. The van der Waals surface area contributed by atoms with E-state index in [1.54, 1.807) is 0 Å². The first-order valence-electron chi connectivity index (χ1n) is 5.25. The lowest BCUT2D eigenvalue weighted by Gasteiger charge is -2.05. The van der Waals surface area contributed by atoms with Gasteiger partial charge in [0.25, 0.3) is 0 Å². The second-order valence-electron chi connectivity index (χ2n) is 3.67. The van der Waals surface area contributed by atoms with Gasteiger partial charge in [-0.3, -0.25) is 4.98 Å². The molecule has 16 heavy (non-hydrogen) atoms. The Bertz CT molecular complexity index is 609. The molecule has 75 valence electrons. The van der Waals surface area contributed by atoms with Gasteiger partial charge >= 0.3 is 0 Å². The Morgan fingerprint density at radius 3 is 2.69 bits per heavy atom. The molecule has 0 saturated carbocycles. The van der Waals surface area contributed by atoms with Gasteiger partial charge < -0.3 is 0 Å². The molecule has 2 aromatic carbocycles. The van der Waals surface area contributed by atoms with Crippen molar-refractivity contribution in [1.29, 1.82) is 0 Å². The molecule has 0 aliphatic rings. The van der Waals surface area contributed by atoms with E-state index in [4.69, 9.17) is 0 Å². The number of hydrogen-bond donors (Lipinski definition) is 0. The Morgan fingerprint density at radius 1 is 0.938 bits per heavy atom. The molecule has 0 fully saturated rings. The van der Waals surface area contributed by atoms with Crippen molar-refractivity contribution in [3.05, 3.63) is 66.9 Å². The zero-order valence-corrected chi connectivity index (χ0v) is 8.72. The third kappa shape index (κ3) is 1.47. The summed E-state index contributed by atoms with van der Waals surface area (Å²) in [4.78, 5) is 4.34. The normalized spacial score (nSPS) is 10.5. The number of fused-ring (bicyclic) bond motifs is 1. The molecule has 0 aliphatic carbocycles. The first-order valence-corrected chi connectivity index (χ1v) is 5.25. The van der Waals surface area contributed by atoms with E-state index in [1.807, 2.05) is 24.4 Å². The van der Waals surface area contributed by atoms with Gasteiger partial charge in [-0.05, 0) is 29.3 Å². The van der Waals surface area contributed by atoms with Crippen molar-refractivity contribution in [1.82, 2.24) is 4.98 Å². The molecule has 0 atom stereocenters. The van der Waals surface area contributed by atoms with E-state index in [0.717, 1.165) is 5.52 Å². The number of aromatic nitrogens is 1. The maximum atomic E-state index is 4.34. The molecule has 1 heteroatoms. The van der Waals surface area contributed by atoms with Crippen molar-refractivity contribution in [3.8, 4) is 11.1 Å². The van der Waals surface area contributed by atoms with Crippen molar-refractivity contribution in [2.75, 3.05) is 0 Å². The third-order valence-electron chi connectivity index (χ3n) is 2.67. The van der Waals surface area contributed by atoms with Gasteiger partial charge in [-0.2, -0.15) is 0 Å². The van der Waals surface area contributed by atoms with Gasteiger partial charge in [-0.1, -0.05) is 42.5 Å². The van der Waals surface area contributed by atoms with Crippen LogP contribution in [-0.2, 0) is 0 Å². The van der Waals surface area contributed by atoms with Crippen LogP contribution in [0.15, 0.2) is 60.8 Å². The van der Waals surface area contributed by atoms with E-state index in [1.165, 1.54) is 16.5 Å². The zero-order valence-electron chi connectivity index (χ0n) is 8.72. The fourth-order valence-corrected chi connectivity index (χ4v) is 1.91. The molecule has 1 nitrogen and oxygen atoms in total. The van der Waals surface area contributed by atoms with Gasteiger partial charge in [0, 0.05) is 11.6 Å². The van der Waals surface area contributed by atoms with Gasteiger partial charge in [0.05, 0.1) is 5.52 Å². The maximum Gasteiger partial charge on any atom is 0.0714 e. The minimum absolute atomic E-state index is 0.990. The van der Waals surface area contributed by atoms with Gasteiger partial charge in [-0.25, -0.2) is 0 Å². The summed E-state index contributed by atoms with van der Waals surface area (Å²) in [7, 11) is 0. The number of hydrogen-bond acceptors (Lipinski definition) is 1. The molecule has 1 heterocycles. The zero-order chi connectivity index (χ0) is 10.8. The molecule has 1 radical (unpaired) electrons. The lowest BCUT2D eigenvalue weighted by atomic mass is 10.0. The van der Waals surface area contributed by atoms with Crippen molar-refractivity contribution >= 4 is 10.9 Å². The standard InChI is InChI=1S/C15H10N/c1-2-6-12(7-3-1)13-10-11-16-15-9-5-4-8-14(13)15/h1-4,6-11H. The maximum absolute atomic E-state index is 4.34. The van der Waals surface area contributed by atoms with Crippen LogP contribution in [0.1, 0.15) is 0 Å². The Labute approximate surface area is 94.4 Å². The summed E-state index contributed by atoms with van der Waals surface area (Å²) >= 11 is 0. The summed E-state index contributed by atoms with van der Waals surface area (Å²) in [6.07, 6.45) is 1.85. The quantitative estimate of drug-likeness (QED) is 0.589. The van der Waals surface area contributed by atoms with Crippen molar-refractivity contribution in [2.24, 2.45) is 0 Å². The molecule has 0 bridgehead atoms. The first-order chi connectivity index (χ1) is 7.95. The van der Waals surface area contributed by atoms with Crippen LogP contribution >= 0.6 is 0 Å². The summed E-state index contributed by atoms with van der Waals surface area (Å²) < 4.78 is 0. The highest BCUT2D eigenvalue weighted by Gasteiger charge is 2.02. The first kappa shape index (κ1) is 9.10. The highest BCUT2D eigenvalue weighted by atomic mass is 14.6. The van der Waals surface area contributed by atoms with Crippen molar-refractivity contribution in [3.63, 3.8) is 0 Å². The molecule has 0 amide bonds. The molecular formula is C15H10N. The van der Waals surface area contributed by atoms with E-state index >= 15 is 0 Å². The summed E-state index contributed by atoms with van der Waals surface area (Å²) in [6.45, 7) is 0. The van der Waals surface area contributed by atoms with Crippen LogP contribution in [0, 0.1) is 6.07 Å². The van der Waals surface area contributed by atoms with Gasteiger partial charge in [-0.15, -0.1) is 0 Å². The Kier molecular flexibility index (Phi) is 2.15. The van der Waals surface area contributed by atoms with Crippen LogP contribution in [0.5, 0.6) is 0 Å². The topological polar surface area (TPSA) is 12.9 Å². The van der Waals surface area contributed by atoms with Crippen LogP contribution in [0.25, 0.3) is 22.0 Å². The Balaban J connectivity index is 2.32. The van der Waals surface area contributed by atoms with Gasteiger partial charge in [0.2, 0.25) is 0 Å². The van der Waals surface area contributed by atoms with Crippen LogP contribution in [0.4, 0.5) is 0 Å². The number of nitrogens with zero attached hydrogens (tertiary/aromatic N) is 1. The second kappa shape index (κ2) is 3.78. The minimum atomic E-state index is 0.990. The average molecular weight is 204 g/mol. The number of rotatable bonds is 1. The second-order valence-corrected chi connectivity index (χ2v) is 3.67. The predicted octanol–water partition coefficient (Wildman–Crippen LogP) is 3.70. The van der Waals surface area contributed by atoms with E-state index in [9.17, 15) is 0 Å². The van der Waals surface area contributed by atoms with E-state index in [0.29, 0.717) is 0 Å². The van der Waals surface area contributed by atoms with E-state index in [-0.39, 0.29) is 0 Å². The molecule has 0 saturated heterocycles. The molecule has 0 aliphatic heterocycles. The third-order valence-corrected chi connectivity index (χ3v) is 2.67. The number of benzene rings is 2. The van der Waals surface area contributed by atoms with E-state index in [2.05, 4.69) is 47.4 Å². The highest BCUT2D eigenvalue weighted by molar-refractivity contribution is 5.93. The van der Waals surface area contributed by atoms with Crippen LogP contribution in [0.2, 0.25) is 0 Å². The number of pyridine rings is 1. The summed E-state index contributed by atoms with van der Waals surface area (Å²) in [6, 6.07) is 21.4. The molecule has 3 rings (SSSR count). The van der Waals surface area contributed by atoms with Crippen LogP contribution in [0.3, 0.4) is 0 Å². The highest BCUT2D eigenvalue weighted by Crippen LogP contribution is 2.26. The lowest BCUT2D eigenvalue weighted by molar-refractivity contribution is 1.41. The Hall–Kier alpha value is -2.15. The predicted molar refractivity (Wildman–Crippen MR) is 66.0 cm³/mol. The summed E-state index contributed by atoms with van der Waals surface area (Å²) in [5.74, 6) is 0. The summed E-state index contributed by atoms with van der Waals surface area (Å²) in [5.41, 5.74) is 3.43. The monoisotopic (exact) mass is 204 g/mol. The largest absolute Gasteiger partial charge is 0.256 e. The van der Waals surface area contributed by atoms with Gasteiger partial charge in [0.1, 0.15) is 0 Å². The van der Waals surface area contributed by atoms with Crippen LogP contribution in [-0.4, -0.2) is 4.98 Å². The molecule has 3 aromatic rings. The smallest absolute Gasteiger partial charge is 0.0714 e. The van der Waals surface area contributed by atoms with Gasteiger partial charge in [0.15, 0.2) is 0 Å². The van der Waals surface area contributed by atoms with E-state index < -0.39 is 0 Å². The molecule has 0 spiro atoms. The van der Waals surface area contributed by atoms with Crippen molar-refractivity contribution in [2.45, 2.75) is 0 Å². The molecule has 0 N–H and O–H groups in total. The lowest BCUT2D eigenvalue weighted by Crippen LogP contribution is -1.83. The van der Waals surface area contributed by atoms with Crippen molar-refractivity contribution < 1.29 is 0 Å². The fraction of sp³-hybridized carbons (Fsp3) is 0. The molecule has 1 aromatic heterocycles. The van der Waals surface area contributed by atoms with Crippen LogP contribution < -0.4 is 0 Å². The summed E-state index contributed by atoms with van der Waals surface area (Å²) in [5, 5.41) is 1.17. The average Bonchev–Trinajstić information content (AvgIpc) is 2.39.